The van der Waals surface area contributed by atoms with Crippen LogP contribution in [0.3, 0.4) is 0 Å². The molecule has 1 N–H and O–H groups in total. The van der Waals surface area contributed by atoms with Crippen molar-refractivity contribution in [2.75, 3.05) is 25.0 Å². The molecule has 8 nitrogen and oxygen atoms in total. The molecule has 0 bridgehead atoms. The van der Waals surface area contributed by atoms with Crippen molar-refractivity contribution in [3.05, 3.63) is 23.8 Å². The molecule has 9 heteroatoms. The van der Waals surface area contributed by atoms with E-state index >= 15 is 0 Å². The predicted octanol–water partition coefficient (Wildman–Crippen LogP) is 1.26. The van der Waals surface area contributed by atoms with Crippen LogP contribution in [0.5, 0.6) is 0 Å². The van der Waals surface area contributed by atoms with Crippen LogP contribution >= 0.6 is 0 Å². The molecule has 2 saturated heterocycles. The van der Waals surface area contributed by atoms with E-state index in [1.807, 2.05) is 0 Å². The lowest BCUT2D eigenvalue weighted by molar-refractivity contribution is -0.141. The fraction of sp³-hybridized carbons (Fsp3) is 0.500. The molecule has 2 aliphatic rings. The summed E-state index contributed by atoms with van der Waals surface area (Å²) >= 11 is 0. The van der Waals surface area contributed by atoms with Gasteiger partial charge in [-0.3, -0.25) is 19.3 Å². The van der Waals surface area contributed by atoms with Gasteiger partial charge in [0.05, 0.1) is 4.90 Å². The Hall–Kier alpha value is -2.26. The SMILES string of the molecule is Cc1ccc(S(=O)(=O)N2CCCCC2)cc1NC(=O)CN1C(=O)CCC1=O. The third kappa shape index (κ3) is 4.19. The number of nitrogens with zero attached hydrogens (tertiary/aromatic N) is 2. The van der Waals surface area contributed by atoms with Gasteiger partial charge in [-0.25, -0.2) is 8.42 Å². The number of amides is 3. The fourth-order valence-electron chi connectivity index (χ4n) is 3.28. The third-order valence-electron chi connectivity index (χ3n) is 4.89. The Morgan fingerprint density at radius 3 is 2.33 bits per heavy atom. The van der Waals surface area contributed by atoms with Crippen LogP contribution in [0.1, 0.15) is 37.7 Å². The molecule has 0 aromatic heterocycles. The first-order valence-electron chi connectivity index (χ1n) is 9.03. The topological polar surface area (TPSA) is 104 Å². The van der Waals surface area contributed by atoms with E-state index in [1.165, 1.54) is 16.4 Å². The van der Waals surface area contributed by atoms with E-state index in [9.17, 15) is 22.8 Å². The zero-order valence-electron chi connectivity index (χ0n) is 15.2. The van der Waals surface area contributed by atoms with E-state index in [2.05, 4.69) is 5.32 Å². The van der Waals surface area contributed by atoms with Crippen LogP contribution in [0, 0.1) is 6.92 Å². The van der Waals surface area contributed by atoms with Crippen molar-refractivity contribution in [1.29, 1.82) is 0 Å². The Morgan fingerprint density at radius 1 is 1.07 bits per heavy atom. The lowest BCUT2D eigenvalue weighted by Gasteiger charge is -2.26. The van der Waals surface area contributed by atoms with Crippen LogP contribution in [0.4, 0.5) is 5.69 Å². The van der Waals surface area contributed by atoms with E-state index in [0.29, 0.717) is 24.3 Å². The number of anilines is 1. The number of imide groups is 1. The van der Waals surface area contributed by atoms with Gasteiger partial charge >= 0.3 is 0 Å². The number of piperidine rings is 1. The number of nitrogens with one attached hydrogen (secondary N) is 1. The zero-order chi connectivity index (χ0) is 19.6. The molecule has 0 unspecified atom stereocenters. The Kier molecular flexibility index (Phi) is 5.61. The van der Waals surface area contributed by atoms with Gasteiger partial charge in [0, 0.05) is 31.6 Å². The quantitative estimate of drug-likeness (QED) is 0.759. The van der Waals surface area contributed by atoms with Crippen molar-refractivity contribution < 1.29 is 22.8 Å². The smallest absolute Gasteiger partial charge is 0.244 e. The second-order valence-electron chi connectivity index (χ2n) is 6.86. The van der Waals surface area contributed by atoms with Crippen molar-refractivity contribution in [2.45, 2.75) is 43.9 Å². The minimum absolute atomic E-state index is 0.120. The highest BCUT2D eigenvalue weighted by Crippen LogP contribution is 2.25. The first-order valence-corrected chi connectivity index (χ1v) is 10.5. The second kappa shape index (κ2) is 7.77. The Bertz CT molecular complexity index is 859. The molecule has 3 rings (SSSR count). The maximum atomic E-state index is 12.8. The molecule has 0 spiro atoms. The molecule has 0 aliphatic carbocycles. The molecule has 1 aromatic carbocycles. The van der Waals surface area contributed by atoms with Crippen molar-refractivity contribution in [3.63, 3.8) is 0 Å². The largest absolute Gasteiger partial charge is 0.324 e. The summed E-state index contributed by atoms with van der Waals surface area (Å²) in [4.78, 5) is 36.6. The Morgan fingerprint density at radius 2 is 1.70 bits per heavy atom. The van der Waals surface area contributed by atoms with E-state index in [1.54, 1.807) is 13.0 Å². The first kappa shape index (κ1) is 19.5. The fourth-order valence-corrected chi connectivity index (χ4v) is 4.83. The molecular weight excluding hydrogens is 370 g/mol. The van der Waals surface area contributed by atoms with Gasteiger partial charge < -0.3 is 5.32 Å². The first-order chi connectivity index (χ1) is 12.8. The summed E-state index contributed by atoms with van der Waals surface area (Å²) in [6.07, 6.45) is 2.94. The number of aryl methyl sites for hydroxylation is 1. The number of sulfonamides is 1. The summed E-state index contributed by atoms with van der Waals surface area (Å²) in [5, 5.41) is 2.63. The number of hydrogen-bond donors (Lipinski definition) is 1. The van der Waals surface area contributed by atoms with Gasteiger partial charge in [0.25, 0.3) is 0 Å². The van der Waals surface area contributed by atoms with Gasteiger partial charge in [-0.05, 0) is 37.5 Å². The van der Waals surface area contributed by atoms with E-state index < -0.39 is 15.9 Å². The summed E-state index contributed by atoms with van der Waals surface area (Å²) in [5.41, 5.74) is 1.05. The molecule has 2 aliphatic heterocycles. The highest BCUT2D eigenvalue weighted by molar-refractivity contribution is 7.89. The van der Waals surface area contributed by atoms with Crippen LogP contribution in [0.15, 0.2) is 23.1 Å². The number of rotatable bonds is 5. The van der Waals surface area contributed by atoms with Gasteiger partial charge in [0.1, 0.15) is 6.54 Å². The molecule has 3 amide bonds. The molecule has 27 heavy (non-hydrogen) atoms. The summed E-state index contributed by atoms with van der Waals surface area (Å²) < 4.78 is 27.1. The maximum Gasteiger partial charge on any atom is 0.244 e. The lowest BCUT2D eigenvalue weighted by Crippen LogP contribution is -2.37. The molecule has 2 heterocycles. The standard InChI is InChI=1S/C18H23N3O5S/c1-13-5-6-14(27(25,26)20-9-3-2-4-10-20)11-15(13)19-16(22)12-21-17(23)7-8-18(21)24/h5-6,11H,2-4,7-10,12H2,1H3,(H,19,22). The normalized spacial score (nSPS) is 18.8. The van der Waals surface area contributed by atoms with Crippen molar-refractivity contribution in [1.82, 2.24) is 9.21 Å². The molecule has 0 atom stereocenters. The van der Waals surface area contributed by atoms with Gasteiger partial charge in [0.2, 0.25) is 27.7 Å². The molecular formula is C18H23N3O5S. The van der Waals surface area contributed by atoms with E-state index in [-0.39, 0.29) is 36.1 Å². The predicted molar refractivity (Wildman–Crippen MR) is 98.4 cm³/mol. The molecule has 1 aromatic rings. The van der Waals surface area contributed by atoms with Crippen LogP contribution < -0.4 is 5.32 Å². The average molecular weight is 393 g/mol. The van der Waals surface area contributed by atoms with Gasteiger partial charge in [0.15, 0.2) is 0 Å². The number of hydrogen-bond acceptors (Lipinski definition) is 5. The summed E-state index contributed by atoms with van der Waals surface area (Å²) in [6.45, 7) is 2.38. The Labute approximate surface area is 158 Å². The third-order valence-corrected chi connectivity index (χ3v) is 6.79. The minimum atomic E-state index is -3.61. The van der Waals surface area contributed by atoms with Crippen molar-refractivity contribution in [2.24, 2.45) is 0 Å². The number of carbonyl (C=O) groups is 3. The maximum absolute atomic E-state index is 12.8. The summed E-state index contributed by atoms with van der Waals surface area (Å²) in [7, 11) is -3.61. The molecule has 0 radical (unpaired) electrons. The molecule has 0 saturated carbocycles. The number of benzene rings is 1. The van der Waals surface area contributed by atoms with Gasteiger partial charge in [-0.15, -0.1) is 0 Å². The summed E-state index contributed by atoms with van der Waals surface area (Å²) in [6, 6.07) is 4.60. The lowest BCUT2D eigenvalue weighted by atomic mass is 10.2. The van der Waals surface area contributed by atoms with Gasteiger partial charge in [-0.1, -0.05) is 12.5 Å². The van der Waals surface area contributed by atoms with Crippen molar-refractivity contribution >= 4 is 33.4 Å². The van der Waals surface area contributed by atoms with Crippen LogP contribution in [-0.2, 0) is 24.4 Å². The van der Waals surface area contributed by atoms with Crippen molar-refractivity contribution in [3.8, 4) is 0 Å². The highest BCUT2D eigenvalue weighted by atomic mass is 32.2. The van der Waals surface area contributed by atoms with Crippen LogP contribution in [-0.4, -0.2) is 55.0 Å². The molecule has 146 valence electrons. The highest BCUT2D eigenvalue weighted by Gasteiger charge is 2.31. The number of carbonyl (C=O) groups excluding carboxylic acids is 3. The minimum Gasteiger partial charge on any atom is -0.324 e. The second-order valence-corrected chi connectivity index (χ2v) is 8.80. The van der Waals surface area contributed by atoms with E-state index in [0.717, 1.165) is 24.2 Å². The molecule has 2 fully saturated rings. The number of likely N-dealkylation sites (tertiary alicyclic amines) is 1. The summed E-state index contributed by atoms with van der Waals surface area (Å²) in [5.74, 6) is -1.27. The zero-order valence-corrected chi connectivity index (χ0v) is 16.0. The Balaban J connectivity index is 1.76. The van der Waals surface area contributed by atoms with Gasteiger partial charge in [-0.2, -0.15) is 4.31 Å². The van der Waals surface area contributed by atoms with Crippen LogP contribution in [0.25, 0.3) is 0 Å². The monoisotopic (exact) mass is 393 g/mol. The van der Waals surface area contributed by atoms with Crippen LogP contribution in [0.2, 0.25) is 0 Å². The average Bonchev–Trinajstić information content (AvgIpc) is 2.96. The van der Waals surface area contributed by atoms with E-state index in [4.69, 9.17) is 0 Å².